The first-order chi connectivity index (χ1) is 58.8. The van der Waals surface area contributed by atoms with Gasteiger partial charge in [0.05, 0.1) is 63.6 Å². The molecule has 0 heterocycles. The van der Waals surface area contributed by atoms with Gasteiger partial charge in [0.2, 0.25) is 0 Å². The van der Waals surface area contributed by atoms with Crippen molar-refractivity contribution in [2.24, 2.45) is 11.8 Å². The molecular weight excluding hydrogens is 1520 g/mol. The van der Waals surface area contributed by atoms with E-state index in [9.17, 15) is 43.8 Å². The van der Waals surface area contributed by atoms with Crippen LogP contribution < -0.4 is 28.4 Å². The van der Waals surface area contributed by atoms with Crippen LogP contribution in [0, 0.1) is 11.8 Å². The first kappa shape index (κ1) is 99.0. The summed E-state index contributed by atoms with van der Waals surface area (Å²) < 4.78 is 58.0. The molecule has 120 heavy (non-hydrogen) atoms. The molecule has 19 heteroatoms. The van der Waals surface area contributed by atoms with Crippen LogP contribution in [0.15, 0.2) is 109 Å². The van der Waals surface area contributed by atoms with Gasteiger partial charge in [-0.15, -0.1) is 0 Å². The van der Waals surface area contributed by atoms with Crippen LogP contribution in [0.25, 0.3) is 0 Å². The van der Waals surface area contributed by atoms with E-state index in [2.05, 4.69) is 38.1 Å². The van der Waals surface area contributed by atoms with Gasteiger partial charge in [-0.05, 0) is 247 Å². The van der Waals surface area contributed by atoms with Crippen molar-refractivity contribution in [3.8, 4) is 34.5 Å². The van der Waals surface area contributed by atoms with Gasteiger partial charge in [0.15, 0.2) is 0 Å². The Labute approximate surface area is 717 Å². The largest absolute Gasteiger partial charge is 0.494 e. The molecule has 2 fully saturated rings. The van der Waals surface area contributed by atoms with E-state index >= 15 is 0 Å². The molecule has 2 aliphatic rings. The number of hydrogen-bond donors (Lipinski definition) is 2. The van der Waals surface area contributed by atoms with Gasteiger partial charge < -0.3 is 67.2 Å². The average Bonchev–Trinajstić information content (AvgIpc) is 0.823. The predicted octanol–water partition coefficient (Wildman–Crippen LogP) is 23.9. The van der Waals surface area contributed by atoms with E-state index in [1.807, 2.05) is 30.3 Å². The van der Waals surface area contributed by atoms with Crippen LogP contribution in [0.2, 0.25) is 0 Å². The SMILES string of the molecule is CCCCC[C@H]1CC[C@H](c2ccc(OC(=O)c3ccc(OCCCCCCCCOC(C=O)CC(=O)OCCCCCCCCOc4cc(CCCCCCO)c(OCCCCCCCCOC(=O)CC(C=O)OCCCCCCCCOc5ccc(C(=O)Oc6ccc([C@H]7CC[C@H](CCCCC)CC7)cc6)cc5)c(C(=O)O)c4)cc3)cc2)CC1. The minimum Gasteiger partial charge on any atom is -0.494 e. The number of aliphatic hydroxyl groups excluding tert-OH is 1. The molecule has 5 aromatic rings. The number of carboxylic acids is 1. The Balaban J connectivity index is 0.631. The zero-order chi connectivity index (χ0) is 85.1. The van der Waals surface area contributed by atoms with E-state index < -0.39 is 30.1 Å². The third-order valence-electron chi connectivity index (χ3n) is 23.6. The molecule has 2 unspecified atom stereocenters. The smallest absolute Gasteiger partial charge is 0.343 e. The van der Waals surface area contributed by atoms with Crippen molar-refractivity contribution < 1.29 is 91.1 Å². The van der Waals surface area contributed by atoms with E-state index in [4.69, 9.17) is 47.4 Å². The number of benzene rings is 5. The quantitative estimate of drug-likeness (QED) is 0.0159. The number of unbranched alkanes of at least 4 members (excludes halogenated alkanes) is 27. The number of aromatic carboxylic acids is 1. The predicted molar refractivity (Wildman–Crippen MR) is 472 cm³/mol. The standard InChI is InChI=1S/C101H146O19/c1-3-5-25-37-79-40-44-81(45-41-79)83-48-60-90(61-49-83)119-100(109)85-52-56-88(57-53-85)111-65-29-17-7-9-20-32-68-114-93(77-103)75-96(105)116-70-34-22-12-11-19-31-67-113-92-73-87(39-27-15-16-28-64-102)98(95(74-92)99(107)108)118-72-36-24-14-13-23-35-71-117-97(106)76-94(78-104)115-69-33-21-10-8-18-30-66-112-89-58-54-86(55-59-89)101(110)120-91-62-50-84(51-63-91)82-46-42-80(43-47-82)38-26-6-4-2/h48-63,73-74,77-82,93-94,102H,3-47,64-72,75-76H2,1-2H3,(H,107,108)/t79-,80-,81-,82-,93?,94?. The summed E-state index contributed by atoms with van der Waals surface area (Å²) in [6, 6.07) is 33.8. The van der Waals surface area contributed by atoms with Crippen LogP contribution in [-0.4, -0.2) is 124 Å². The Morgan fingerprint density at radius 1 is 0.367 bits per heavy atom. The molecule has 664 valence electrons. The second kappa shape index (κ2) is 62.0. The molecule has 0 amide bonds. The summed E-state index contributed by atoms with van der Waals surface area (Å²) in [6.07, 6.45) is 45.9. The monoisotopic (exact) mass is 1660 g/mol. The second-order valence-corrected chi connectivity index (χ2v) is 33.4. The fourth-order valence-electron chi connectivity index (χ4n) is 16.3. The van der Waals surface area contributed by atoms with Gasteiger partial charge in [-0.1, -0.05) is 205 Å². The Morgan fingerprint density at radius 3 is 1.08 bits per heavy atom. The lowest BCUT2D eigenvalue weighted by molar-refractivity contribution is -0.149. The number of carboxylic acid groups (broad SMARTS) is 1. The zero-order valence-corrected chi connectivity index (χ0v) is 72.9. The van der Waals surface area contributed by atoms with E-state index in [0.717, 1.165) is 178 Å². The van der Waals surface area contributed by atoms with Crippen molar-refractivity contribution in [1.82, 2.24) is 0 Å². The van der Waals surface area contributed by atoms with E-state index in [0.29, 0.717) is 135 Å². The highest BCUT2D eigenvalue weighted by atomic mass is 16.6. The van der Waals surface area contributed by atoms with Gasteiger partial charge in [-0.3, -0.25) is 9.59 Å². The Kier molecular flexibility index (Phi) is 51.2. The minimum absolute atomic E-state index is 0.0747. The first-order valence-corrected chi connectivity index (χ1v) is 46.7. The fourth-order valence-corrected chi connectivity index (χ4v) is 16.3. The van der Waals surface area contributed by atoms with Crippen LogP contribution >= 0.6 is 0 Å². The lowest BCUT2D eigenvalue weighted by Crippen LogP contribution is -2.21. The number of aryl methyl sites for hydroxylation is 1. The molecule has 0 saturated heterocycles. The molecule has 2 atom stereocenters. The summed E-state index contributed by atoms with van der Waals surface area (Å²) in [7, 11) is 0. The molecule has 0 aliphatic heterocycles. The molecule has 2 aliphatic carbocycles. The number of rotatable bonds is 69. The zero-order valence-electron chi connectivity index (χ0n) is 72.9. The van der Waals surface area contributed by atoms with Gasteiger partial charge in [-0.2, -0.15) is 0 Å². The van der Waals surface area contributed by atoms with Gasteiger partial charge in [-0.25, -0.2) is 14.4 Å². The van der Waals surface area contributed by atoms with Crippen molar-refractivity contribution in [3.05, 3.63) is 143 Å². The third-order valence-corrected chi connectivity index (χ3v) is 23.6. The van der Waals surface area contributed by atoms with E-state index in [-0.39, 0.29) is 50.2 Å². The Morgan fingerprint density at radius 2 is 0.708 bits per heavy atom. The lowest BCUT2D eigenvalue weighted by atomic mass is 9.77. The molecule has 0 spiro atoms. The van der Waals surface area contributed by atoms with Crippen LogP contribution in [0.3, 0.4) is 0 Å². The summed E-state index contributed by atoms with van der Waals surface area (Å²) in [6.45, 7) is 7.95. The lowest BCUT2D eigenvalue weighted by Gasteiger charge is -2.29. The van der Waals surface area contributed by atoms with Crippen LogP contribution in [0.5, 0.6) is 34.5 Å². The Bertz CT molecular complexity index is 3580. The number of hydrogen-bond acceptors (Lipinski definition) is 18. The Hall–Kier alpha value is -8.13. The molecular formula is C101H146O19. The highest BCUT2D eigenvalue weighted by molar-refractivity contribution is 5.93. The van der Waals surface area contributed by atoms with E-state index in [1.54, 1.807) is 54.6 Å². The van der Waals surface area contributed by atoms with Crippen molar-refractivity contribution in [2.45, 2.75) is 340 Å². The van der Waals surface area contributed by atoms with Crippen molar-refractivity contribution in [2.75, 3.05) is 59.5 Å². The molecule has 7 rings (SSSR count). The second-order valence-electron chi connectivity index (χ2n) is 33.4. The highest BCUT2D eigenvalue weighted by Crippen LogP contribution is 2.41. The minimum atomic E-state index is -1.08. The van der Waals surface area contributed by atoms with Crippen molar-refractivity contribution in [3.63, 3.8) is 0 Å². The molecule has 2 saturated carbocycles. The molecule has 0 aromatic heterocycles. The summed E-state index contributed by atoms with van der Waals surface area (Å²) in [5.41, 5.74) is 4.49. The number of ether oxygens (including phenoxy) is 10. The maximum Gasteiger partial charge on any atom is 0.343 e. The first-order valence-electron chi connectivity index (χ1n) is 46.7. The van der Waals surface area contributed by atoms with Crippen molar-refractivity contribution >= 4 is 42.4 Å². The summed E-state index contributed by atoms with van der Waals surface area (Å²) in [5, 5.41) is 19.7. The number of esters is 4. The summed E-state index contributed by atoms with van der Waals surface area (Å²) in [5.74, 6) is 3.56. The number of carbonyl (C=O) groups is 7. The maximum atomic E-state index is 12.9. The molecule has 2 N–H and O–H groups in total. The van der Waals surface area contributed by atoms with Crippen molar-refractivity contribution in [1.29, 1.82) is 0 Å². The normalized spacial score (nSPS) is 15.7. The summed E-state index contributed by atoms with van der Waals surface area (Å²) >= 11 is 0. The topological polar surface area (TPSA) is 252 Å². The van der Waals surface area contributed by atoms with Crippen LogP contribution in [-0.2, 0) is 44.5 Å². The molecule has 0 radical (unpaired) electrons. The van der Waals surface area contributed by atoms with Gasteiger partial charge in [0, 0.05) is 19.8 Å². The van der Waals surface area contributed by atoms with E-state index in [1.165, 1.54) is 114 Å². The maximum absolute atomic E-state index is 12.9. The fraction of sp³-hybridized carbons (Fsp3) is 0.634. The third kappa shape index (κ3) is 41.6. The molecule has 5 aromatic carbocycles. The summed E-state index contributed by atoms with van der Waals surface area (Å²) in [4.78, 5) is 87.0. The number of aldehydes is 2. The number of aliphatic hydroxyl groups is 1. The number of carbonyl (C=O) groups excluding carboxylic acids is 6. The molecule has 19 nitrogen and oxygen atoms in total. The average molecular weight is 1660 g/mol. The molecule has 0 bridgehead atoms. The van der Waals surface area contributed by atoms with Gasteiger partial charge in [0.25, 0.3) is 0 Å². The highest BCUT2D eigenvalue weighted by Gasteiger charge is 2.26. The van der Waals surface area contributed by atoms with Gasteiger partial charge >= 0.3 is 29.8 Å². The van der Waals surface area contributed by atoms with Gasteiger partial charge in [0.1, 0.15) is 64.8 Å². The van der Waals surface area contributed by atoms with Crippen LogP contribution in [0.4, 0.5) is 0 Å². The van der Waals surface area contributed by atoms with Crippen LogP contribution in [0.1, 0.15) is 369 Å².